The molecule has 1 aliphatic rings. The molecule has 2 amide bonds. The second-order valence-corrected chi connectivity index (χ2v) is 8.83. The quantitative estimate of drug-likeness (QED) is 0.383. The van der Waals surface area contributed by atoms with Crippen molar-refractivity contribution in [1.29, 1.82) is 5.26 Å². The lowest BCUT2D eigenvalue weighted by Gasteiger charge is -2.18. The molecule has 4 rings (SSSR count). The standard InChI is InChI=1S/C27H23N3O4S/c1-33-21-12-8-18(9-13-21)16-24-26(32)30(20-6-4-3-5-7-20)27(35-24)23(17-28)25(31)29-19-10-14-22(34-2)15-11-19/h3-15,24H,16H2,1-2H3,(H,29,31)/b27-23-/t24-/m0/s1. The number of hydrogen-bond acceptors (Lipinski definition) is 6. The van der Waals surface area contributed by atoms with Crippen LogP contribution in [0.3, 0.4) is 0 Å². The van der Waals surface area contributed by atoms with E-state index >= 15 is 0 Å². The summed E-state index contributed by atoms with van der Waals surface area (Å²) in [4.78, 5) is 28.1. The van der Waals surface area contributed by atoms with Crippen LogP contribution in [0.5, 0.6) is 11.5 Å². The second kappa shape index (κ2) is 10.8. The molecule has 0 aliphatic carbocycles. The van der Waals surface area contributed by atoms with Crippen LogP contribution in [-0.2, 0) is 16.0 Å². The monoisotopic (exact) mass is 485 g/mol. The average Bonchev–Trinajstić information content (AvgIpc) is 3.21. The van der Waals surface area contributed by atoms with Crippen LogP contribution in [0.25, 0.3) is 0 Å². The average molecular weight is 486 g/mol. The normalized spacial score (nSPS) is 16.4. The van der Waals surface area contributed by atoms with E-state index in [4.69, 9.17) is 9.47 Å². The van der Waals surface area contributed by atoms with Crippen molar-refractivity contribution in [3.8, 4) is 17.6 Å². The van der Waals surface area contributed by atoms with Gasteiger partial charge in [-0.05, 0) is 60.5 Å². The molecule has 0 unspecified atom stereocenters. The van der Waals surface area contributed by atoms with Crippen molar-refractivity contribution >= 4 is 35.0 Å². The van der Waals surface area contributed by atoms with Crippen molar-refractivity contribution in [3.63, 3.8) is 0 Å². The third kappa shape index (κ3) is 5.31. The number of nitrogens with one attached hydrogen (secondary N) is 1. The number of anilines is 2. The van der Waals surface area contributed by atoms with Crippen LogP contribution in [0, 0.1) is 11.3 Å². The maximum Gasteiger partial charge on any atom is 0.269 e. The topological polar surface area (TPSA) is 91.7 Å². The lowest BCUT2D eigenvalue weighted by Crippen LogP contribution is -2.30. The smallest absolute Gasteiger partial charge is 0.269 e. The fraction of sp³-hybridized carbons (Fsp3) is 0.148. The first-order valence-corrected chi connectivity index (χ1v) is 11.7. The van der Waals surface area contributed by atoms with Crippen molar-refractivity contribution in [2.45, 2.75) is 11.7 Å². The molecule has 0 radical (unpaired) electrons. The summed E-state index contributed by atoms with van der Waals surface area (Å²) in [5, 5.41) is 12.5. The molecule has 0 saturated carbocycles. The van der Waals surface area contributed by atoms with E-state index in [-0.39, 0.29) is 11.5 Å². The van der Waals surface area contributed by atoms with Gasteiger partial charge in [0.25, 0.3) is 5.91 Å². The zero-order valence-corrected chi connectivity index (χ0v) is 20.0. The molecule has 0 bridgehead atoms. The van der Waals surface area contributed by atoms with Crippen molar-refractivity contribution < 1.29 is 19.1 Å². The number of benzene rings is 3. The van der Waals surface area contributed by atoms with Crippen molar-refractivity contribution in [2.75, 3.05) is 24.4 Å². The Hall–Kier alpha value is -4.22. The Morgan fingerprint density at radius 3 is 2.14 bits per heavy atom. The van der Waals surface area contributed by atoms with Gasteiger partial charge in [-0.15, -0.1) is 0 Å². The molecule has 35 heavy (non-hydrogen) atoms. The van der Waals surface area contributed by atoms with Crippen LogP contribution in [0.1, 0.15) is 5.56 Å². The number of nitrogens with zero attached hydrogens (tertiary/aromatic N) is 2. The van der Waals surface area contributed by atoms with Crippen LogP contribution >= 0.6 is 11.8 Å². The number of rotatable bonds is 7. The molecule has 0 aromatic heterocycles. The Labute approximate surface area is 208 Å². The summed E-state index contributed by atoms with van der Waals surface area (Å²) in [5.41, 5.74) is 1.94. The Kier molecular flexibility index (Phi) is 7.38. The zero-order chi connectivity index (χ0) is 24.8. The minimum Gasteiger partial charge on any atom is -0.497 e. The molecule has 7 nitrogen and oxygen atoms in total. The largest absolute Gasteiger partial charge is 0.497 e. The van der Waals surface area contributed by atoms with Crippen molar-refractivity contribution in [1.82, 2.24) is 0 Å². The third-order valence-electron chi connectivity index (χ3n) is 5.45. The van der Waals surface area contributed by atoms with E-state index in [1.54, 1.807) is 50.6 Å². The summed E-state index contributed by atoms with van der Waals surface area (Å²) in [5.74, 6) is 0.610. The predicted octanol–water partition coefficient (Wildman–Crippen LogP) is 4.77. The molecule has 8 heteroatoms. The first kappa shape index (κ1) is 23.9. The summed E-state index contributed by atoms with van der Waals surface area (Å²) in [7, 11) is 3.15. The van der Waals surface area contributed by atoms with E-state index in [9.17, 15) is 14.9 Å². The molecule has 1 fully saturated rings. The van der Waals surface area contributed by atoms with E-state index in [1.165, 1.54) is 16.7 Å². The van der Waals surface area contributed by atoms with E-state index in [0.717, 1.165) is 11.3 Å². The van der Waals surface area contributed by atoms with Gasteiger partial charge in [-0.2, -0.15) is 5.26 Å². The van der Waals surface area contributed by atoms with E-state index in [2.05, 4.69) is 5.32 Å². The molecule has 1 N–H and O–H groups in total. The molecule has 3 aromatic rings. The van der Waals surface area contributed by atoms with E-state index < -0.39 is 11.2 Å². The predicted molar refractivity (Wildman–Crippen MR) is 136 cm³/mol. The van der Waals surface area contributed by atoms with Gasteiger partial charge < -0.3 is 14.8 Å². The number of carbonyl (C=O) groups is 2. The Morgan fingerprint density at radius 2 is 1.57 bits per heavy atom. The number of para-hydroxylation sites is 1. The molecule has 1 heterocycles. The molecular formula is C27H23N3O4S. The van der Waals surface area contributed by atoms with E-state index in [1.807, 2.05) is 48.5 Å². The SMILES string of the molecule is COc1ccc(C[C@@H]2S/C(=C(/C#N)C(=O)Nc3ccc(OC)cc3)N(c3ccccc3)C2=O)cc1. The fourth-order valence-electron chi connectivity index (χ4n) is 3.64. The lowest BCUT2D eigenvalue weighted by atomic mass is 10.1. The molecular weight excluding hydrogens is 462 g/mol. The number of nitriles is 1. The first-order chi connectivity index (χ1) is 17.0. The molecule has 0 spiro atoms. The van der Waals surface area contributed by atoms with Gasteiger partial charge >= 0.3 is 0 Å². The zero-order valence-electron chi connectivity index (χ0n) is 19.2. The molecule has 1 aliphatic heterocycles. The minimum absolute atomic E-state index is 0.125. The Morgan fingerprint density at radius 1 is 0.971 bits per heavy atom. The highest BCUT2D eigenvalue weighted by molar-refractivity contribution is 8.05. The Bertz CT molecular complexity index is 1280. The van der Waals surface area contributed by atoms with Gasteiger partial charge in [0.1, 0.15) is 28.2 Å². The number of amides is 2. The highest BCUT2D eigenvalue weighted by atomic mass is 32.2. The van der Waals surface area contributed by atoms with Gasteiger partial charge in [0.05, 0.1) is 19.5 Å². The molecule has 3 aromatic carbocycles. The highest BCUT2D eigenvalue weighted by Gasteiger charge is 2.40. The summed E-state index contributed by atoms with van der Waals surface area (Å²) in [6.45, 7) is 0. The van der Waals surface area contributed by atoms with Crippen LogP contribution in [0.2, 0.25) is 0 Å². The first-order valence-electron chi connectivity index (χ1n) is 10.8. The van der Waals surface area contributed by atoms with Crippen molar-refractivity contribution in [2.24, 2.45) is 0 Å². The number of methoxy groups -OCH3 is 2. The van der Waals surface area contributed by atoms with Crippen LogP contribution in [0.4, 0.5) is 11.4 Å². The summed E-state index contributed by atoms with van der Waals surface area (Å²) < 4.78 is 10.4. The number of hydrogen-bond donors (Lipinski definition) is 1. The lowest BCUT2D eigenvalue weighted by molar-refractivity contribution is -0.117. The summed E-state index contributed by atoms with van der Waals surface area (Å²) >= 11 is 1.23. The fourth-order valence-corrected chi connectivity index (χ4v) is 4.95. The molecule has 176 valence electrons. The minimum atomic E-state index is -0.584. The van der Waals surface area contributed by atoms with Crippen molar-refractivity contribution in [3.05, 3.63) is 95.0 Å². The number of ether oxygens (including phenoxy) is 2. The summed E-state index contributed by atoms with van der Waals surface area (Å²) in [6.07, 6.45) is 0.444. The van der Waals surface area contributed by atoms with Crippen LogP contribution in [-0.4, -0.2) is 31.3 Å². The molecule has 1 saturated heterocycles. The maximum atomic E-state index is 13.5. The highest BCUT2D eigenvalue weighted by Crippen LogP contribution is 2.42. The van der Waals surface area contributed by atoms with Crippen LogP contribution in [0.15, 0.2) is 89.5 Å². The Balaban J connectivity index is 1.66. The van der Waals surface area contributed by atoms with Gasteiger partial charge in [-0.1, -0.05) is 42.1 Å². The van der Waals surface area contributed by atoms with Gasteiger partial charge in [0, 0.05) is 11.4 Å². The third-order valence-corrected chi connectivity index (χ3v) is 6.71. The van der Waals surface area contributed by atoms with Gasteiger partial charge in [0.15, 0.2) is 0 Å². The maximum absolute atomic E-state index is 13.5. The van der Waals surface area contributed by atoms with Gasteiger partial charge in [-0.3, -0.25) is 14.5 Å². The van der Waals surface area contributed by atoms with E-state index in [0.29, 0.717) is 28.6 Å². The number of carbonyl (C=O) groups excluding carboxylic acids is 2. The molecule has 1 atom stereocenters. The van der Waals surface area contributed by atoms with Gasteiger partial charge in [-0.25, -0.2) is 0 Å². The number of thioether (sulfide) groups is 1. The second-order valence-electron chi connectivity index (χ2n) is 7.64. The van der Waals surface area contributed by atoms with Crippen LogP contribution < -0.4 is 19.7 Å². The summed E-state index contributed by atoms with van der Waals surface area (Å²) in [6, 6.07) is 25.3. The van der Waals surface area contributed by atoms with Gasteiger partial charge in [0.2, 0.25) is 5.91 Å².